The number of amides is 1. The highest BCUT2D eigenvalue weighted by Gasteiger charge is 2.25. The molecular formula is C17H26N2O. The highest BCUT2D eigenvalue weighted by Crippen LogP contribution is 2.16. The minimum Gasteiger partial charge on any atom is -0.353 e. The van der Waals surface area contributed by atoms with Gasteiger partial charge in [-0.3, -0.25) is 4.79 Å². The predicted molar refractivity (Wildman–Crippen MR) is 82.6 cm³/mol. The number of aryl methyl sites for hydroxylation is 1. The Kier molecular flexibility index (Phi) is 5.60. The number of hydrogen-bond acceptors (Lipinski definition) is 2. The van der Waals surface area contributed by atoms with E-state index in [4.69, 9.17) is 0 Å². The maximum atomic E-state index is 12.2. The topological polar surface area (TPSA) is 41.1 Å². The molecule has 2 rings (SSSR count). The summed E-state index contributed by atoms with van der Waals surface area (Å²) in [6.45, 7) is 5.21. The molecule has 1 heterocycles. The van der Waals surface area contributed by atoms with Gasteiger partial charge in [-0.1, -0.05) is 30.3 Å². The maximum Gasteiger partial charge on any atom is 0.223 e. The van der Waals surface area contributed by atoms with Crippen LogP contribution in [-0.4, -0.2) is 24.5 Å². The molecule has 2 N–H and O–H groups in total. The van der Waals surface area contributed by atoms with Crippen molar-refractivity contribution in [3.63, 3.8) is 0 Å². The second-order valence-electron chi connectivity index (χ2n) is 6.01. The average Bonchev–Trinajstić information content (AvgIpc) is 2.46. The molecule has 3 unspecified atom stereocenters. The van der Waals surface area contributed by atoms with Crippen LogP contribution in [0.25, 0.3) is 0 Å². The quantitative estimate of drug-likeness (QED) is 0.866. The van der Waals surface area contributed by atoms with Crippen molar-refractivity contribution in [1.82, 2.24) is 10.6 Å². The van der Waals surface area contributed by atoms with Gasteiger partial charge in [-0.25, -0.2) is 0 Å². The molecule has 1 aromatic rings. The van der Waals surface area contributed by atoms with Gasteiger partial charge in [0.25, 0.3) is 0 Å². The van der Waals surface area contributed by atoms with Crippen LogP contribution in [0.3, 0.4) is 0 Å². The van der Waals surface area contributed by atoms with Crippen LogP contribution in [0.1, 0.15) is 38.7 Å². The van der Waals surface area contributed by atoms with Crippen LogP contribution in [0.5, 0.6) is 0 Å². The minimum atomic E-state index is 0.186. The molecule has 3 heteroatoms. The van der Waals surface area contributed by atoms with Crippen LogP contribution in [0.15, 0.2) is 30.3 Å². The van der Waals surface area contributed by atoms with Crippen molar-refractivity contribution >= 4 is 5.91 Å². The van der Waals surface area contributed by atoms with E-state index < -0.39 is 0 Å². The van der Waals surface area contributed by atoms with Gasteiger partial charge in [0.1, 0.15) is 0 Å². The van der Waals surface area contributed by atoms with Crippen molar-refractivity contribution < 1.29 is 4.79 Å². The molecular weight excluding hydrogens is 248 g/mol. The molecule has 0 spiro atoms. The number of piperidine rings is 1. The van der Waals surface area contributed by atoms with E-state index in [-0.39, 0.29) is 17.9 Å². The van der Waals surface area contributed by atoms with Crippen LogP contribution < -0.4 is 10.6 Å². The lowest BCUT2D eigenvalue weighted by Crippen LogP contribution is -2.44. The van der Waals surface area contributed by atoms with Crippen molar-refractivity contribution in [2.45, 2.75) is 51.6 Å². The number of carbonyl (C=O) groups is 1. The Bertz CT molecular complexity index is 418. The van der Waals surface area contributed by atoms with E-state index in [1.807, 2.05) is 6.07 Å². The molecule has 1 aliphatic heterocycles. The molecule has 1 aliphatic rings. The van der Waals surface area contributed by atoms with Crippen molar-refractivity contribution in [2.24, 2.45) is 5.92 Å². The summed E-state index contributed by atoms with van der Waals surface area (Å²) in [6.07, 6.45) is 3.93. The number of hydrogen-bond donors (Lipinski definition) is 2. The van der Waals surface area contributed by atoms with Gasteiger partial charge in [-0.15, -0.1) is 0 Å². The van der Waals surface area contributed by atoms with Gasteiger partial charge in [0.2, 0.25) is 5.91 Å². The molecule has 1 aromatic carbocycles. The fourth-order valence-corrected chi connectivity index (χ4v) is 2.83. The van der Waals surface area contributed by atoms with Crippen molar-refractivity contribution in [3.8, 4) is 0 Å². The molecule has 3 atom stereocenters. The van der Waals surface area contributed by atoms with Crippen molar-refractivity contribution in [1.29, 1.82) is 0 Å². The van der Waals surface area contributed by atoms with E-state index in [9.17, 15) is 4.79 Å². The SMILES string of the molecule is CC1CC(C(=O)NC(C)CCc2ccccc2)CCN1. The summed E-state index contributed by atoms with van der Waals surface area (Å²) in [4.78, 5) is 12.2. The van der Waals surface area contributed by atoms with Crippen LogP contribution >= 0.6 is 0 Å². The van der Waals surface area contributed by atoms with Crippen molar-refractivity contribution in [2.75, 3.05) is 6.54 Å². The van der Waals surface area contributed by atoms with Gasteiger partial charge in [-0.05, 0) is 51.6 Å². The highest BCUT2D eigenvalue weighted by molar-refractivity contribution is 5.79. The zero-order chi connectivity index (χ0) is 14.4. The fraction of sp³-hybridized carbons (Fsp3) is 0.588. The molecule has 0 aromatic heterocycles. The molecule has 110 valence electrons. The predicted octanol–water partition coefficient (Wildman–Crippen LogP) is 2.51. The monoisotopic (exact) mass is 274 g/mol. The molecule has 1 saturated heterocycles. The molecule has 0 radical (unpaired) electrons. The Morgan fingerprint density at radius 1 is 1.40 bits per heavy atom. The molecule has 0 bridgehead atoms. The summed E-state index contributed by atoms with van der Waals surface area (Å²) in [5.74, 6) is 0.421. The third-order valence-electron chi connectivity index (χ3n) is 4.09. The zero-order valence-electron chi connectivity index (χ0n) is 12.6. The summed E-state index contributed by atoms with van der Waals surface area (Å²) in [7, 11) is 0. The second kappa shape index (κ2) is 7.44. The Hall–Kier alpha value is -1.35. The van der Waals surface area contributed by atoms with Gasteiger partial charge < -0.3 is 10.6 Å². The average molecular weight is 274 g/mol. The molecule has 3 nitrogen and oxygen atoms in total. The lowest BCUT2D eigenvalue weighted by atomic mass is 9.92. The van der Waals surface area contributed by atoms with Crippen LogP contribution in [0.2, 0.25) is 0 Å². The van der Waals surface area contributed by atoms with E-state index in [2.05, 4.69) is 48.7 Å². The largest absolute Gasteiger partial charge is 0.353 e. The molecule has 1 fully saturated rings. The first-order chi connectivity index (χ1) is 9.65. The van der Waals surface area contributed by atoms with Crippen LogP contribution in [0, 0.1) is 5.92 Å². The first-order valence-corrected chi connectivity index (χ1v) is 7.73. The lowest BCUT2D eigenvalue weighted by molar-refractivity contribution is -0.126. The second-order valence-corrected chi connectivity index (χ2v) is 6.01. The third kappa shape index (κ3) is 4.64. The van der Waals surface area contributed by atoms with E-state index in [1.54, 1.807) is 0 Å². The van der Waals surface area contributed by atoms with Gasteiger partial charge >= 0.3 is 0 Å². The Morgan fingerprint density at radius 3 is 2.85 bits per heavy atom. The van der Waals surface area contributed by atoms with Crippen LogP contribution in [0.4, 0.5) is 0 Å². The standard InChI is InChI=1S/C17H26N2O/c1-13(8-9-15-6-4-3-5-7-15)19-17(20)16-10-11-18-14(2)12-16/h3-7,13-14,16,18H,8-12H2,1-2H3,(H,19,20). The molecule has 0 saturated carbocycles. The summed E-state index contributed by atoms with van der Waals surface area (Å²) >= 11 is 0. The number of benzene rings is 1. The summed E-state index contributed by atoms with van der Waals surface area (Å²) in [6, 6.07) is 11.1. The smallest absolute Gasteiger partial charge is 0.223 e. The molecule has 1 amide bonds. The van der Waals surface area contributed by atoms with Gasteiger partial charge in [0.15, 0.2) is 0 Å². The fourth-order valence-electron chi connectivity index (χ4n) is 2.83. The Balaban J connectivity index is 1.73. The van der Waals surface area contributed by atoms with E-state index in [1.165, 1.54) is 5.56 Å². The summed E-state index contributed by atoms with van der Waals surface area (Å²) in [5, 5.41) is 6.56. The van der Waals surface area contributed by atoms with Crippen molar-refractivity contribution in [3.05, 3.63) is 35.9 Å². The first kappa shape index (κ1) is 15.0. The molecule has 20 heavy (non-hydrogen) atoms. The summed E-state index contributed by atoms with van der Waals surface area (Å²) < 4.78 is 0. The third-order valence-corrected chi connectivity index (χ3v) is 4.09. The Labute approximate surface area is 122 Å². The van der Waals surface area contributed by atoms with Gasteiger partial charge in [-0.2, -0.15) is 0 Å². The van der Waals surface area contributed by atoms with E-state index in [0.717, 1.165) is 32.2 Å². The lowest BCUT2D eigenvalue weighted by Gasteiger charge is -2.28. The number of rotatable bonds is 5. The molecule has 0 aliphatic carbocycles. The number of nitrogens with one attached hydrogen (secondary N) is 2. The zero-order valence-corrected chi connectivity index (χ0v) is 12.6. The number of carbonyl (C=O) groups excluding carboxylic acids is 1. The Morgan fingerprint density at radius 2 is 2.15 bits per heavy atom. The van der Waals surface area contributed by atoms with Gasteiger partial charge in [0, 0.05) is 18.0 Å². The summed E-state index contributed by atoms with van der Waals surface area (Å²) in [5.41, 5.74) is 1.34. The van der Waals surface area contributed by atoms with E-state index >= 15 is 0 Å². The maximum absolute atomic E-state index is 12.2. The normalized spacial score (nSPS) is 24.1. The minimum absolute atomic E-state index is 0.186. The van der Waals surface area contributed by atoms with Crippen LogP contribution in [-0.2, 0) is 11.2 Å². The van der Waals surface area contributed by atoms with Gasteiger partial charge in [0.05, 0.1) is 0 Å². The highest BCUT2D eigenvalue weighted by atomic mass is 16.1. The van der Waals surface area contributed by atoms with E-state index in [0.29, 0.717) is 6.04 Å². The first-order valence-electron chi connectivity index (χ1n) is 7.73.